The molecule has 0 bridgehead atoms. The van der Waals surface area contributed by atoms with Gasteiger partial charge in [0.2, 0.25) is 0 Å². The number of benzene rings is 2. The van der Waals surface area contributed by atoms with Gasteiger partial charge in [-0.15, -0.1) is 0 Å². The van der Waals surface area contributed by atoms with Crippen LogP contribution in [0, 0.1) is 10.8 Å². The Kier molecular flexibility index (Phi) is 10.0. The van der Waals surface area contributed by atoms with Crippen LogP contribution in [0.5, 0.6) is 0 Å². The Labute approximate surface area is 279 Å². The second-order valence-electron chi connectivity index (χ2n) is 12.6. The molecule has 0 aromatic heterocycles. The SMILES string of the molecule is C/C=C\c1cc(S(=O)(=O)[O-])ccc1C1=C[N+](C)=C(/C=C/C=C/C=C2/N(C)C=C(c3ccc(S(=O)(=O)[O-])cc3/C=C\C)C2(C)C)C1(C)C. The lowest BCUT2D eigenvalue weighted by molar-refractivity contribution is -0.418. The third-order valence-corrected chi connectivity index (χ3v) is 10.3. The normalized spacial score (nSPS) is 19.4. The van der Waals surface area contributed by atoms with E-state index < -0.39 is 31.1 Å². The minimum atomic E-state index is -4.58. The first-order valence-corrected chi connectivity index (χ1v) is 17.9. The van der Waals surface area contributed by atoms with E-state index >= 15 is 0 Å². The van der Waals surface area contributed by atoms with Crippen molar-refractivity contribution in [2.24, 2.45) is 10.8 Å². The average Bonchev–Trinajstić information content (AvgIpc) is 3.33. The summed E-state index contributed by atoms with van der Waals surface area (Å²) >= 11 is 0. The van der Waals surface area contributed by atoms with Gasteiger partial charge >= 0.3 is 0 Å². The first kappa shape index (κ1) is 35.8. The van der Waals surface area contributed by atoms with E-state index in [9.17, 15) is 25.9 Å². The smallest absolute Gasteiger partial charge is 0.191 e. The van der Waals surface area contributed by atoms with Crippen LogP contribution in [-0.4, -0.2) is 55.2 Å². The molecule has 0 radical (unpaired) electrons. The number of allylic oxidation sites excluding steroid dienone is 9. The fourth-order valence-electron chi connectivity index (χ4n) is 6.35. The summed E-state index contributed by atoms with van der Waals surface area (Å²) in [4.78, 5) is 1.53. The van der Waals surface area contributed by atoms with Crippen LogP contribution in [0.4, 0.5) is 0 Å². The molecule has 47 heavy (non-hydrogen) atoms. The number of hydrogen-bond acceptors (Lipinski definition) is 7. The zero-order valence-electron chi connectivity index (χ0n) is 28.0. The van der Waals surface area contributed by atoms with Gasteiger partial charge in [0.15, 0.2) is 11.9 Å². The van der Waals surface area contributed by atoms with Gasteiger partial charge < -0.3 is 14.0 Å². The Morgan fingerprint density at radius 2 is 1.23 bits per heavy atom. The minimum absolute atomic E-state index is 0.258. The van der Waals surface area contributed by atoms with E-state index in [0.29, 0.717) is 11.1 Å². The molecule has 2 aliphatic rings. The highest BCUT2D eigenvalue weighted by Crippen LogP contribution is 2.48. The maximum Gasteiger partial charge on any atom is 0.191 e. The summed E-state index contributed by atoms with van der Waals surface area (Å²) in [5, 5.41) is 0. The van der Waals surface area contributed by atoms with Gasteiger partial charge in [0.1, 0.15) is 27.3 Å². The number of nitrogens with zero attached hydrogens (tertiary/aromatic N) is 2. The molecule has 2 heterocycles. The Hall–Kier alpha value is -4.09. The predicted octanol–water partition coefficient (Wildman–Crippen LogP) is 7.03. The molecule has 0 saturated heterocycles. The molecule has 0 fully saturated rings. The summed E-state index contributed by atoms with van der Waals surface area (Å²) in [7, 11) is -5.22. The van der Waals surface area contributed by atoms with E-state index in [1.807, 2.05) is 92.4 Å². The Bertz CT molecular complexity index is 2070. The second-order valence-corrected chi connectivity index (χ2v) is 15.4. The minimum Gasteiger partial charge on any atom is -0.744 e. The van der Waals surface area contributed by atoms with Gasteiger partial charge in [-0.3, -0.25) is 0 Å². The summed E-state index contributed by atoms with van der Waals surface area (Å²) in [5.41, 5.74) is 6.29. The van der Waals surface area contributed by atoms with Crippen LogP contribution >= 0.6 is 0 Å². The standard InChI is InChI=1S/C37H42N2O6S2/c1-9-14-26-22-28(46(40,41)42)18-20-30(26)32-24-38(7)34(36(32,3)4)16-12-11-13-17-35-37(5,6)33(25-39(35)8)31-21-19-29(47(43,44)45)23-27(31)15-10-2/h9-25H,1-8H3,(H-,40,41,42,43,44,45)/p-1/b14-9-,15-10-. The Morgan fingerprint density at radius 3 is 1.72 bits per heavy atom. The zero-order chi connectivity index (χ0) is 34.9. The molecule has 8 nitrogen and oxygen atoms in total. The largest absolute Gasteiger partial charge is 0.744 e. The fourth-order valence-corrected chi connectivity index (χ4v) is 7.36. The molecular weight excluding hydrogens is 633 g/mol. The number of rotatable bonds is 9. The van der Waals surface area contributed by atoms with Crippen LogP contribution in [0.1, 0.15) is 63.8 Å². The molecule has 0 atom stereocenters. The predicted molar refractivity (Wildman–Crippen MR) is 187 cm³/mol. The van der Waals surface area contributed by atoms with E-state index in [2.05, 4.69) is 27.7 Å². The lowest BCUT2D eigenvalue weighted by Gasteiger charge is -2.27. The molecule has 0 aliphatic carbocycles. The van der Waals surface area contributed by atoms with Crippen molar-refractivity contribution in [3.05, 3.63) is 119 Å². The quantitative estimate of drug-likeness (QED) is 0.159. The maximum absolute atomic E-state index is 11.7. The maximum atomic E-state index is 11.7. The van der Waals surface area contributed by atoms with Gasteiger partial charge in [0.05, 0.1) is 15.2 Å². The first-order valence-electron chi connectivity index (χ1n) is 15.1. The van der Waals surface area contributed by atoms with Gasteiger partial charge in [-0.25, -0.2) is 21.4 Å². The van der Waals surface area contributed by atoms with Crippen LogP contribution in [0.2, 0.25) is 0 Å². The van der Waals surface area contributed by atoms with Crippen molar-refractivity contribution in [2.45, 2.75) is 51.3 Å². The molecule has 0 spiro atoms. The summed E-state index contributed by atoms with van der Waals surface area (Å²) in [6.45, 7) is 12.1. The fraction of sp³-hybridized carbons (Fsp3) is 0.270. The second kappa shape index (κ2) is 13.2. The van der Waals surface area contributed by atoms with Gasteiger partial charge in [-0.05, 0) is 85.9 Å². The van der Waals surface area contributed by atoms with Crippen LogP contribution in [0.15, 0.2) is 107 Å². The number of hydrogen-bond donors (Lipinski definition) is 0. The lowest BCUT2D eigenvalue weighted by atomic mass is 9.77. The van der Waals surface area contributed by atoms with Crippen molar-refractivity contribution in [3.8, 4) is 0 Å². The summed E-state index contributed by atoms with van der Waals surface area (Å²) in [5.74, 6) is 0. The lowest BCUT2D eigenvalue weighted by Crippen LogP contribution is -2.24. The monoisotopic (exact) mass is 673 g/mol. The van der Waals surface area contributed by atoms with Gasteiger partial charge in [-0.2, -0.15) is 0 Å². The van der Waals surface area contributed by atoms with Crippen molar-refractivity contribution in [1.29, 1.82) is 0 Å². The first-order chi connectivity index (χ1) is 21.8. The van der Waals surface area contributed by atoms with E-state index in [1.165, 1.54) is 24.3 Å². The van der Waals surface area contributed by atoms with Crippen molar-refractivity contribution in [2.75, 3.05) is 14.1 Å². The highest BCUT2D eigenvalue weighted by Gasteiger charge is 2.41. The zero-order valence-corrected chi connectivity index (χ0v) is 29.6. The molecule has 10 heteroatoms. The van der Waals surface area contributed by atoms with Crippen LogP contribution in [0.25, 0.3) is 23.3 Å². The Morgan fingerprint density at radius 1 is 0.723 bits per heavy atom. The van der Waals surface area contributed by atoms with Crippen LogP contribution in [-0.2, 0) is 20.2 Å². The van der Waals surface area contributed by atoms with Crippen molar-refractivity contribution in [3.63, 3.8) is 0 Å². The van der Waals surface area contributed by atoms with Crippen molar-refractivity contribution in [1.82, 2.24) is 4.90 Å². The van der Waals surface area contributed by atoms with E-state index in [-0.39, 0.29) is 9.79 Å². The summed E-state index contributed by atoms with van der Waals surface area (Å²) in [6, 6.07) is 8.97. The third kappa shape index (κ3) is 7.26. The molecule has 0 N–H and O–H groups in total. The molecule has 2 aromatic carbocycles. The van der Waals surface area contributed by atoms with E-state index in [1.54, 1.807) is 24.3 Å². The van der Waals surface area contributed by atoms with Crippen LogP contribution in [0.3, 0.4) is 0 Å². The van der Waals surface area contributed by atoms with Gasteiger partial charge in [0, 0.05) is 36.0 Å². The van der Waals surface area contributed by atoms with Crippen LogP contribution < -0.4 is 0 Å². The van der Waals surface area contributed by atoms with Crippen molar-refractivity contribution >= 4 is 49.2 Å². The molecular formula is C37H41N2O6S2-. The highest BCUT2D eigenvalue weighted by molar-refractivity contribution is 7.86. The molecule has 248 valence electrons. The summed E-state index contributed by atoms with van der Waals surface area (Å²) < 4.78 is 72.0. The average molecular weight is 674 g/mol. The third-order valence-electron chi connectivity index (χ3n) is 8.66. The van der Waals surface area contributed by atoms with E-state index in [4.69, 9.17) is 0 Å². The molecule has 2 aromatic rings. The Balaban J connectivity index is 1.58. The topological polar surface area (TPSA) is 121 Å². The molecule has 0 unspecified atom stereocenters. The molecule has 4 rings (SSSR count). The van der Waals surface area contributed by atoms with E-state index in [0.717, 1.165) is 33.7 Å². The molecule has 2 aliphatic heterocycles. The van der Waals surface area contributed by atoms with Gasteiger partial charge in [-0.1, -0.05) is 68.5 Å². The summed E-state index contributed by atoms with van der Waals surface area (Å²) in [6.07, 6.45) is 21.3. The molecule has 0 saturated carbocycles. The molecule has 0 amide bonds. The highest BCUT2D eigenvalue weighted by atomic mass is 32.2. The van der Waals surface area contributed by atoms with Crippen molar-refractivity contribution < 1.29 is 30.5 Å². The van der Waals surface area contributed by atoms with Gasteiger partial charge in [0.25, 0.3) is 0 Å².